The molecule has 0 atom stereocenters. The Morgan fingerprint density at radius 1 is 1.35 bits per heavy atom. The summed E-state index contributed by atoms with van der Waals surface area (Å²) in [5.74, 6) is 0. The highest BCUT2D eigenvalue weighted by Gasteiger charge is 2.21. The van der Waals surface area contributed by atoms with E-state index in [1.54, 1.807) is 0 Å². The Balaban J connectivity index is 2.39. The fourth-order valence-corrected chi connectivity index (χ4v) is 2.23. The number of aryl methyl sites for hydroxylation is 1. The van der Waals surface area contributed by atoms with Gasteiger partial charge in [0.25, 0.3) is 0 Å². The molecule has 1 rings (SSSR count). The summed E-state index contributed by atoms with van der Waals surface area (Å²) in [6, 6.07) is 0.626. The van der Waals surface area contributed by atoms with Gasteiger partial charge in [0.1, 0.15) is 0 Å². The lowest BCUT2D eigenvalue weighted by Gasteiger charge is -2.21. The van der Waals surface area contributed by atoms with Crippen LogP contribution in [0.4, 0.5) is 0 Å². The second-order valence-electron chi connectivity index (χ2n) is 7.03. The fraction of sp³-hybridized carbons (Fsp3) is 0.812. The lowest BCUT2D eigenvalue weighted by atomic mass is 9.89. The van der Waals surface area contributed by atoms with E-state index in [0.29, 0.717) is 6.04 Å². The van der Waals surface area contributed by atoms with Crippen LogP contribution in [-0.4, -0.2) is 40.9 Å². The van der Waals surface area contributed by atoms with Crippen LogP contribution in [0.2, 0.25) is 0 Å². The predicted molar refractivity (Wildman–Crippen MR) is 86.0 cm³/mol. The van der Waals surface area contributed by atoms with Crippen molar-refractivity contribution in [1.29, 1.82) is 0 Å². The first-order valence-electron chi connectivity index (χ1n) is 7.65. The second-order valence-corrected chi connectivity index (χ2v) is 7.03. The van der Waals surface area contributed by atoms with E-state index in [1.807, 2.05) is 11.7 Å². The van der Waals surface area contributed by atoms with Gasteiger partial charge in [0.15, 0.2) is 0 Å². The van der Waals surface area contributed by atoms with Crippen molar-refractivity contribution in [2.45, 2.75) is 59.0 Å². The van der Waals surface area contributed by atoms with Crippen molar-refractivity contribution in [3.8, 4) is 0 Å². The van der Waals surface area contributed by atoms with Crippen molar-refractivity contribution in [2.24, 2.45) is 7.05 Å². The maximum absolute atomic E-state index is 4.60. The lowest BCUT2D eigenvalue weighted by Crippen LogP contribution is -2.29. The summed E-state index contributed by atoms with van der Waals surface area (Å²) in [5, 5.41) is 8.14. The van der Waals surface area contributed by atoms with Gasteiger partial charge >= 0.3 is 0 Å². The van der Waals surface area contributed by atoms with Crippen LogP contribution in [0.15, 0.2) is 6.20 Å². The fourth-order valence-electron chi connectivity index (χ4n) is 2.23. The first-order chi connectivity index (χ1) is 9.21. The van der Waals surface area contributed by atoms with Gasteiger partial charge in [-0.1, -0.05) is 20.8 Å². The molecule has 0 aliphatic heterocycles. The molecule has 0 radical (unpaired) electrons. The number of nitrogens with one attached hydrogen (secondary N) is 1. The molecule has 0 aliphatic carbocycles. The summed E-state index contributed by atoms with van der Waals surface area (Å²) < 4.78 is 1.92. The third-order valence-corrected chi connectivity index (χ3v) is 3.68. The summed E-state index contributed by atoms with van der Waals surface area (Å²) in [7, 11) is 4.18. The van der Waals surface area contributed by atoms with Crippen molar-refractivity contribution in [3.63, 3.8) is 0 Å². The zero-order valence-corrected chi connectivity index (χ0v) is 14.3. The lowest BCUT2D eigenvalue weighted by molar-refractivity contribution is 0.269. The largest absolute Gasteiger partial charge is 0.312 e. The van der Waals surface area contributed by atoms with Crippen molar-refractivity contribution < 1.29 is 0 Å². The third kappa shape index (κ3) is 5.25. The molecule has 0 amide bonds. The van der Waals surface area contributed by atoms with Gasteiger partial charge in [0.05, 0.1) is 5.69 Å². The highest BCUT2D eigenvalue weighted by Crippen LogP contribution is 2.23. The van der Waals surface area contributed by atoms with Crippen LogP contribution in [0, 0.1) is 0 Å². The van der Waals surface area contributed by atoms with Gasteiger partial charge in [-0.15, -0.1) is 0 Å². The van der Waals surface area contributed by atoms with Crippen LogP contribution >= 0.6 is 0 Å². The Kier molecular flexibility index (Phi) is 6.21. The number of hydrogen-bond acceptors (Lipinski definition) is 3. The monoisotopic (exact) mass is 280 g/mol. The maximum atomic E-state index is 4.60. The minimum atomic E-state index is 0.107. The van der Waals surface area contributed by atoms with Crippen LogP contribution in [0.25, 0.3) is 0 Å². The summed E-state index contributed by atoms with van der Waals surface area (Å²) >= 11 is 0. The minimum absolute atomic E-state index is 0.107. The molecule has 1 heterocycles. The van der Waals surface area contributed by atoms with Gasteiger partial charge in [0.2, 0.25) is 0 Å². The molecule has 4 heteroatoms. The standard InChI is InChI=1S/C16H32N4/c1-13(2)19(6)10-8-9-17-11-14-12-20(7)18-15(14)16(3,4)5/h12-13,17H,8-11H2,1-7H3. The second kappa shape index (κ2) is 7.23. The molecule has 0 aromatic carbocycles. The average Bonchev–Trinajstić information content (AvgIpc) is 2.69. The van der Waals surface area contributed by atoms with Gasteiger partial charge in [-0.2, -0.15) is 5.10 Å². The smallest absolute Gasteiger partial charge is 0.0722 e. The van der Waals surface area contributed by atoms with E-state index in [1.165, 1.54) is 17.7 Å². The molecular formula is C16H32N4. The van der Waals surface area contributed by atoms with Crippen LogP contribution in [0.5, 0.6) is 0 Å². The van der Waals surface area contributed by atoms with E-state index in [4.69, 9.17) is 0 Å². The molecule has 0 spiro atoms. The summed E-state index contributed by atoms with van der Waals surface area (Å²) in [6.07, 6.45) is 3.31. The van der Waals surface area contributed by atoms with Crippen LogP contribution in [0.1, 0.15) is 52.3 Å². The number of nitrogens with zero attached hydrogens (tertiary/aromatic N) is 3. The van der Waals surface area contributed by atoms with Gasteiger partial charge in [-0.05, 0) is 40.4 Å². The summed E-state index contributed by atoms with van der Waals surface area (Å²) in [6.45, 7) is 14.2. The van der Waals surface area contributed by atoms with E-state index in [-0.39, 0.29) is 5.41 Å². The zero-order chi connectivity index (χ0) is 15.3. The van der Waals surface area contributed by atoms with E-state index >= 15 is 0 Å². The SMILES string of the molecule is CC(C)N(C)CCCNCc1cn(C)nc1C(C)(C)C. The Morgan fingerprint density at radius 3 is 2.55 bits per heavy atom. The summed E-state index contributed by atoms with van der Waals surface area (Å²) in [4.78, 5) is 2.38. The van der Waals surface area contributed by atoms with Crippen molar-refractivity contribution in [2.75, 3.05) is 20.1 Å². The summed E-state index contributed by atoms with van der Waals surface area (Å²) in [5.41, 5.74) is 2.62. The van der Waals surface area contributed by atoms with Crippen LogP contribution in [-0.2, 0) is 19.0 Å². The molecule has 20 heavy (non-hydrogen) atoms. The molecule has 0 aliphatic rings. The van der Waals surface area contributed by atoms with Gasteiger partial charge in [0, 0.05) is 36.8 Å². The van der Waals surface area contributed by atoms with E-state index < -0.39 is 0 Å². The maximum Gasteiger partial charge on any atom is 0.0722 e. The molecule has 0 fully saturated rings. The van der Waals surface area contributed by atoms with Crippen molar-refractivity contribution in [1.82, 2.24) is 20.0 Å². The topological polar surface area (TPSA) is 33.1 Å². The Hall–Kier alpha value is -0.870. The molecule has 4 nitrogen and oxygen atoms in total. The number of hydrogen-bond donors (Lipinski definition) is 1. The van der Waals surface area contributed by atoms with E-state index in [9.17, 15) is 0 Å². The highest BCUT2D eigenvalue weighted by molar-refractivity contribution is 5.23. The highest BCUT2D eigenvalue weighted by atomic mass is 15.3. The van der Waals surface area contributed by atoms with Crippen LogP contribution < -0.4 is 5.32 Å². The first-order valence-corrected chi connectivity index (χ1v) is 7.65. The minimum Gasteiger partial charge on any atom is -0.312 e. The molecular weight excluding hydrogens is 248 g/mol. The Morgan fingerprint density at radius 2 is 2.00 bits per heavy atom. The van der Waals surface area contributed by atoms with Crippen LogP contribution in [0.3, 0.4) is 0 Å². The van der Waals surface area contributed by atoms with E-state index in [2.05, 4.69) is 63.2 Å². The third-order valence-electron chi connectivity index (χ3n) is 3.68. The zero-order valence-electron chi connectivity index (χ0n) is 14.3. The first kappa shape index (κ1) is 17.2. The van der Waals surface area contributed by atoms with Crippen molar-refractivity contribution >= 4 is 0 Å². The average molecular weight is 280 g/mol. The molecule has 1 aromatic heterocycles. The quantitative estimate of drug-likeness (QED) is 0.779. The van der Waals surface area contributed by atoms with E-state index in [0.717, 1.165) is 19.6 Å². The molecule has 0 bridgehead atoms. The molecule has 0 saturated carbocycles. The molecule has 0 saturated heterocycles. The molecule has 0 unspecified atom stereocenters. The number of aromatic nitrogens is 2. The Bertz CT molecular complexity index is 401. The molecule has 1 N–H and O–H groups in total. The number of rotatable bonds is 7. The van der Waals surface area contributed by atoms with Gasteiger partial charge in [-0.25, -0.2) is 0 Å². The predicted octanol–water partition coefficient (Wildman–Crippen LogP) is 2.54. The van der Waals surface area contributed by atoms with Gasteiger partial charge in [-0.3, -0.25) is 4.68 Å². The molecule has 116 valence electrons. The van der Waals surface area contributed by atoms with Crippen molar-refractivity contribution in [3.05, 3.63) is 17.5 Å². The van der Waals surface area contributed by atoms with Gasteiger partial charge < -0.3 is 10.2 Å². The molecule has 1 aromatic rings. The Labute approximate surface area is 124 Å². The normalized spacial score (nSPS) is 12.7.